The van der Waals surface area contributed by atoms with E-state index in [4.69, 9.17) is 5.10 Å². The van der Waals surface area contributed by atoms with Crippen molar-refractivity contribution in [1.82, 2.24) is 14.8 Å². The van der Waals surface area contributed by atoms with Crippen LogP contribution in [-0.4, -0.2) is 21.3 Å². The lowest BCUT2D eigenvalue weighted by Gasteiger charge is -2.09. The van der Waals surface area contributed by atoms with Gasteiger partial charge in [-0.2, -0.15) is 5.10 Å². The molecule has 0 amide bonds. The fourth-order valence-electron chi connectivity index (χ4n) is 3.07. The zero-order valence-electron chi connectivity index (χ0n) is 13.0. The highest BCUT2D eigenvalue weighted by Gasteiger charge is 2.22. The summed E-state index contributed by atoms with van der Waals surface area (Å²) in [6, 6.07) is 10.3. The minimum atomic E-state index is 0.965. The van der Waals surface area contributed by atoms with Crippen LogP contribution in [-0.2, 0) is 6.42 Å². The van der Waals surface area contributed by atoms with Gasteiger partial charge in [-0.05, 0) is 59.5 Å². The summed E-state index contributed by atoms with van der Waals surface area (Å²) in [6.45, 7) is 0.975. The molecular weight excluding hydrogens is 432 g/mol. The smallest absolute Gasteiger partial charge is 0.133 e. The molecule has 0 unspecified atom stereocenters. The van der Waals surface area contributed by atoms with Gasteiger partial charge < -0.3 is 5.32 Å². The topological polar surface area (TPSA) is 42.7 Å². The fraction of sp³-hybridized carbons (Fsp3) is 0.222. The number of aromatic nitrogens is 3. The number of nitrogens with zero attached hydrogens (tertiary/aromatic N) is 3. The van der Waals surface area contributed by atoms with Crippen molar-refractivity contribution < 1.29 is 0 Å². The molecule has 24 heavy (non-hydrogen) atoms. The zero-order valence-corrected chi connectivity index (χ0v) is 16.1. The van der Waals surface area contributed by atoms with E-state index in [1.807, 2.05) is 23.0 Å². The third kappa shape index (κ3) is 3.00. The van der Waals surface area contributed by atoms with Crippen LogP contribution in [0.5, 0.6) is 0 Å². The maximum Gasteiger partial charge on any atom is 0.133 e. The van der Waals surface area contributed by atoms with Crippen molar-refractivity contribution in [3.63, 3.8) is 0 Å². The molecule has 1 aliphatic heterocycles. The summed E-state index contributed by atoms with van der Waals surface area (Å²) in [5, 5.41) is 8.50. The quantitative estimate of drug-likeness (QED) is 0.586. The van der Waals surface area contributed by atoms with Gasteiger partial charge in [0.1, 0.15) is 5.82 Å². The van der Waals surface area contributed by atoms with E-state index in [9.17, 15) is 0 Å². The summed E-state index contributed by atoms with van der Waals surface area (Å²) in [6.07, 6.45) is 7.04. The van der Waals surface area contributed by atoms with Crippen molar-refractivity contribution >= 4 is 37.7 Å². The molecule has 6 heteroatoms. The first-order valence-electron chi connectivity index (χ1n) is 7.95. The first-order chi connectivity index (χ1) is 11.7. The number of anilines is 1. The summed E-state index contributed by atoms with van der Waals surface area (Å²) >= 11 is 7.07. The normalized spacial score (nSPS) is 13.9. The SMILES string of the molecule is Brc1cncc(-c2nn(-c3cccc(Br)c3)c3c2CCCCN3)c1. The second kappa shape index (κ2) is 6.69. The number of pyridine rings is 1. The molecule has 0 radical (unpaired) electrons. The van der Waals surface area contributed by atoms with Crippen molar-refractivity contribution in [2.75, 3.05) is 11.9 Å². The molecule has 1 aliphatic rings. The van der Waals surface area contributed by atoms with E-state index >= 15 is 0 Å². The van der Waals surface area contributed by atoms with Crippen LogP contribution in [0.15, 0.2) is 51.7 Å². The molecule has 1 aromatic carbocycles. The second-order valence-corrected chi connectivity index (χ2v) is 7.67. The highest BCUT2D eigenvalue weighted by atomic mass is 79.9. The Morgan fingerprint density at radius 3 is 2.79 bits per heavy atom. The lowest BCUT2D eigenvalue weighted by Crippen LogP contribution is -2.07. The number of benzene rings is 1. The van der Waals surface area contributed by atoms with Gasteiger partial charge in [0.15, 0.2) is 0 Å². The lowest BCUT2D eigenvalue weighted by atomic mass is 10.1. The van der Waals surface area contributed by atoms with Gasteiger partial charge in [0.25, 0.3) is 0 Å². The van der Waals surface area contributed by atoms with Crippen LogP contribution in [0.1, 0.15) is 18.4 Å². The highest BCUT2D eigenvalue weighted by molar-refractivity contribution is 9.10. The van der Waals surface area contributed by atoms with Crippen molar-refractivity contribution in [3.05, 3.63) is 57.2 Å². The van der Waals surface area contributed by atoms with Crippen LogP contribution >= 0.6 is 31.9 Å². The first kappa shape index (κ1) is 15.8. The summed E-state index contributed by atoms with van der Waals surface area (Å²) < 4.78 is 4.03. The molecule has 0 bridgehead atoms. The van der Waals surface area contributed by atoms with Crippen molar-refractivity contribution in [2.24, 2.45) is 0 Å². The van der Waals surface area contributed by atoms with E-state index in [2.05, 4.69) is 60.4 Å². The molecule has 2 aromatic heterocycles. The van der Waals surface area contributed by atoms with Gasteiger partial charge >= 0.3 is 0 Å². The molecule has 4 nitrogen and oxygen atoms in total. The summed E-state index contributed by atoms with van der Waals surface area (Å²) in [5.41, 5.74) is 4.36. The molecule has 0 saturated heterocycles. The Labute approximate surface area is 157 Å². The average Bonchev–Trinajstić information content (AvgIpc) is 2.76. The summed E-state index contributed by atoms with van der Waals surface area (Å²) in [5.74, 6) is 1.10. The molecule has 4 rings (SSSR count). The van der Waals surface area contributed by atoms with E-state index in [1.165, 1.54) is 18.4 Å². The third-order valence-corrected chi connectivity index (χ3v) is 5.09. The Morgan fingerprint density at radius 1 is 1.04 bits per heavy atom. The zero-order chi connectivity index (χ0) is 16.5. The monoisotopic (exact) mass is 446 g/mol. The van der Waals surface area contributed by atoms with Gasteiger partial charge in [-0.3, -0.25) is 4.98 Å². The Bertz CT molecular complexity index is 818. The van der Waals surface area contributed by atoms with Gasteiger partial charge in [-0.15, -0.1) is 0 Å². The molecule has 0 spiro atoms. The molecule has 0 atom stereocenters. The highest BCUT2D eigenvalue weighted by Crippen LogP contribution is 2.34. The van der Waals surface area contributed by atoms with E-state index in [-0.39, 0.29) is 0 Å². The van der Waals surface area contributed by atoms with Gasteiger partial charge in [0, 0.05) is 39.0 Å². The Morgan fingerprint density at radius 2 is 1.96 bits per heavy atom. The first-order valence-corrected chi connectivity index (χ1v) is 9.53. The molecule has 122 valence electrons. The number of rotatable bonds is 2. The van der Waals surface area contributed by atoms with Gasteiger partial charge in [-0.25, -0.2) is 4.68 Å². The van der Waals surface area contributed by atoms with E-state index in [1.54, 1.807) is 6.20 Å². The summed E-state index contributed by atoms with van der Waals surface area (Å²) in [4.78, 5) is 4.31. The van der Waals surface area contributed by atoms with Gasteiger partial charge in [0.05, 0.1) is 11.4 Å². The predicted octanol–water partition coefficient (Wildman–Crippen LogP) is 5.21. The minimum absolute atomic E-state index is 0.965. The second-order valence-electron chi connectivity index (χ2n) is 5.84. The van der Waals surface area contributed by atoms with Crippen molar-refractivity contribution in [3.8, 4) is 16.9 Å². The standard InChI is InChI=1S/C18H16Br2N4/c19-13-4-3-5-15(9-13)24-18-16(6-1-2-7-22-18)17(23-24)12-8-14(20)11-21-10-12/h3-5,8-11,22H,1-2,6-7H2. The van der Waals surface area contributed by atoms with Crippen LogP contribution < -0.4 is 5.32 Å². The molecule has 0 fully saturated rings. The van der Waals surface area contributed by atoms with Crippen LogP contribution in [0.25, 0.3) is 16.9 Å². The molecule has 0 aliphatic carbocycles. The maximum absolute atomic E-state index is 4.93. The van der Waals surface area contributed by atoms with E-state index in [0.717, 1.165) is 44.7 Å². The van der Waals surface area contributed by atoms with Crippen LogP contribution in [0, 0.1) is 0 Å². The van der Waals surface area contributed by atoms with Crippen molar-refractivity contribution in [2.45, 2.75) is 19.3 Å². The average molecular weight is 448 g/mol. The summed E-state index contributed by atoms with van der Waals surface area (Å²) in [7, 11) is 0. The number of hydrogen-bond donors (Lipinski definition) is 1. The van der Waals surface area contributed by atoms with Gasteiger partial charge in [0.2, 0.25) is 0 Å². The predicted molar refractivity (Wildman–Crippen MR) is 104 cm³/mol. The van der Waals surface area contributed by atoms with Gasteiger partial charge in [-0.1, -0.05) is 22.0 Å². The Kier molecular flexibility index (Phi) is 4.41. The lowest BCUT2D eigenvalue weighted by molar-refractivity contribution is 0.780. The Balaban J connectivity index is 1.92. The third-order valence-electron chi connectivity index (χ3n) is 4.16. The van der Waals surface area contributed by atoms with Crippen LogP contribution in [0.4, 0.5) is 5.82 Å². The molecule has 3 heterocycles. The number of halogens is 2. The Hall–Kier alpha value is -1.66. The largest absolute Gasteiger partial charge is 0.370 e. The molecule has 3 aromatic rings. The molecular formula is C18H16Br2N4. The molecule has 1 N–H and O–H groups in total. The van der Waals surface area contributed by atoms with E-state index < -0.39 is 0 Å². The molecule has 0 saturated carbocycles. The number of hydrogen-bond acceptors (Lipinski definition) is 3. The van der Waals surface area contributed by atoms with Crippen LogP contribution in [0.3, 0.4) is 0 Å². The number of fused-ring (bicyclic) bond motifs is 1. The number of nitrogens with one attached hydrogen (secondary N) is 1. The maximum atomic E-state index is 4.93. The van der Waals surface area contributed by atoms with Crippen LogP contribution in [0.2, 0.25) is 0 Å². The van der Waals surface area contributed by atoms with E-state index in [0.29, 0.717) is 0 Å². The minimum Gasteiger partial charge on any atom is -0.370 e. The fourth-order valence-corrected chi connectivity index (χ4v) is 3.82. The van der Waals surface area contributed by atoms with Crippen molar-refractivity contribution in [1.29, 1.82) is 0 Å².